The SMILES string of the molecule is CC[C@H](Cc1ccccc1C)[C@@H](C)CC. The van der Waals surface area contributed by atoms with Gasteiger partial charge in [0.25, 0.3) is 0 Å². The zero-order chi connectivity index (χ0) is 11.3. The fourth-order valence-electron chi connectivity index (χ4n) is 2.20. The van der Waals surface area contributed by atoms with E-state index >= 15 is 0 Å². The number of hydrogen-bond donors (Lipinski definition) is 0. The Morgan fingerprint density at radius 2 is 1.73 bits per heavy atom. The summed E-state index contributed by atoms with van der Waals surface area (Å²) in [4.78, 5) is 0. The first-order chi connectivity index (χ1) is 7.19. The smallest absolute Gasteiger partial charge is 0.0245 e. The van der Waals surface area contributed by atoms with E-state index in [4.69, 9.17) is 0 Å². The topological polar surface area (TPSA) is 0 Å². The molecule has 15 heavy (non-hydrogen) atoms. The van der Waals surface area contributed by atoms with E-state index in [0.717, 1.165) is 11.8 Å². The van der Waals surface area contributed by atoms with E-state index < -0.39 is 0 Å². The molecule has 0 saturated heterocycles. The Balaban J connectivity index is 2.71. The minimum atomic E-state index is 0.842. The van der Waals surface area contributed by atoms with Crippen LogP contribution in [0.1, 0.15) is 44.7 Å². The van der Waals surface area contributed by atoms with Crippen molar-refractivity contribution in [2.75, 3.05) is 0 Å². The fourth-order valence-corrected chi connectivity index (χ4v) is 2.20. The van der Waals surface area contributed by atoms with E-state index in [0.29, 0.717) is 0 Å². The van der Waals surface area contributed by atoms with Crippen molar-refractivity contribution in [3.8, 4) is 0 Å². The standard InChI is InChI=1S/C15H24/c1-5-12(3)14(6-2)11-15-10-8-7-9-13(15)4/h7-10,12,14H,5-6,11H2,1-4H3/t12-,14+/m0/s1. The number of hydrogen-bond acceptors (Lipinski definition) is 0. The Kier molecular flexibility index (Phi) is 4.87. The van der Waals surface area contributed by atoms with Gasteiger partial charge in [0.2, 0.25) is 0 Å². The molecule has 0 aliphatic carbocycles. The molecule has 1 rings (SSSR count). The van der Waals surface area contributed by atoms with Gasteiger partial charge in [0.1, 0.15) is 0 Å². The molecule has 0 amide bonds. The van der Waals surface area contributed by atoms with Gasteiger partial charge in [-0.15, -0.1) is 0 Å². The van der Waals surface area contributed by atoms with Gasteiger partial charge in [-0.1, -0.05) is 57.9 Å². The maximum Gasteiger partial charge on any atom is -0.0245 e. The lowest BCUT2D eigenvalue weighted by molar-refractivity contribution is 0.335. The molecule has 0 nitrogen and oxygen atoms in total. The minimum Gasteiger partial charge on any atom is -0.0651 e. The van der Waals surface area contributed by atoms with Crippen molar-refractivity contribution in [1.29, 1.82) is 0 Å². The average Bonchev–Trinajstić information content (AvgIpc) is 2.27. The second-order valence-corrected chi connectivity index (χ2v) is 4.68. The van der Waals surface area contributed by atoms with Gasteiger partial charge in [0.15, 0.2) is 0 Å². The van der Waals surface area contributed by atoms with E-state index in [9.17, 15) is 0 Å². The van der Waals surface area contributed by atoms with Crippen LogP contribution in [0.4, 0.5) is 0 Å². The van der Waals surface area contributed by atoms with Crippen molar-refractivity contribution >= 4 is 0 Å². The third-order valence-electron chi connectivity index (χ3n) is 3.72. The van der Waals surface area contributed by atoms with Crippen LogP contribution in [0.5, 0.6) is 0 Å². The summed E-state index contributed by atoms with van der Waals surface area (Å²) in [6.45, 7) is 9.21. The first-order valence-electron chi connectivity index (χ1n) is 6.23. The predicted octanol–water partition coefficient (Wildman–Crippen LogP) is 4.61. The first-order valence-corrected chi connectivity index (χ1v) is 6.23. The molecule has 0 fully saturated rings. The summed E-state index contributed by atoms with van der Waals surface area (Å²) >= 11 is 0. The molecule has 0 spiro atoms. The molecule has 2 atom stereocenters. The lowest BCUT2D eigenvalue weighted by Crippen LogP contribution is -2.13. The molecule has 0 unspecified atom stereocenters. The molecule has 0 radical (unpaired) electrons. The van der Waals surface area contributed by atoms with Crippen molar-refractivity contribution in [3.05, 3.63) is 35.4 Å². The fraction of sp³-hybridized carbons (Fsp3) is 0.600. The third-order valence-corrected chi connectivity index (χ3v) is 3.72. The van der Waals surface area contributed by atoms with E-state index in [1.165, 1.54) is 30.4 Å². The molecule has 0 N–H and O–H groups in total. The largest absolute Gasteiger partial charge is 0.0651 e. The number of rotatable bonds is 5. The summed E-state index contributed by atoms with van der Waals surface area (Å²) in [7, 11) is 0. The molecule has 0 aromatic heterocycles. The maximum absolute atomic E-state index is 2.38. The predicted molar refractivity (Wildman–Crippen MR) is 68.1 cm³/mol. The van der Waals surface area contributed by atoms with Crippen LogP contribution in [0.2, 0.25) is 0 Å². The van der Waals surface area contributed by atoms with Crippen molar-refractivity contribution in [3.63, 3.8) is 0 Å². The molecule has 0 heteroatoms. The summed E-state index contributed by atoms with van der Waals surface area (Å²) in [6, 6.07) is 8.79. The molecule has 0 aliphatic rings. The van der Waals surface area contributed by atoms with Crippen LogP contribution in [0.25, 0.3) is 0 Å². The van der Waals surface area contributed by atoms with Gasteiger partial charge >= 0.3 is 0 Å². The highest BCUT2D eigenvalue weighted by atomic mass is 14.2. The normalized spacial score (nSPS) is 14.9. The Morgan fingerprint density at radius 3 is 2.27 bits per heavy atom. The average molecular weight is 204 g/mol. The quantitative estimate of drug-likeness (QED) is 0.657. The number of aryl methyl sites for hydroxylation is 1. The van der Waals surface area contributed by atoms with Gasteiger partial charge in [-0.25, -0.2) is 0 Å². The first kappa shape index (κ1) is 12.3. The van der Waals surface area contributed by atoms with Crippen LogP contribution in [0, 0.1) is 18.8 Å². The van der Waals surface area contributed by atoms with Crippen LogP contribution in [-0.4, -0.2) is 0 Å². The van der Waals surface area contributed by atoms with E-state index in [2.05, 4.69) is 52.0 Å². The summed E-state index contributed by atoms with van der Waals surface area (Å²) in [5.74, 6) is 1.69. The zero-order valence-corrected chi connectivity index (χ0v) is 10.6. The van der Waals surface area contributed by atoms with Gasteiger partial charge in [-0.3, -0.25) is 0 Å². The molecule has 84 valence electrons. The monoisotopic (exact) mass is 204 g/mol. The molecule has 0 saturated carbocycles. The highest BCUT2D eigenvalue weighted by Gasteiger charge is 2.14. The zero-order valence-electron chi connectivity index (χ0n) is 10.6. The van der Waals surface area contributed by atoms with Crippen LogP contribution >= 0.6 is 0 Å². The van der Waals surface area contributed by atoms with E-state index in [1.54, 1.807) is 0 Å². The summed E-state index contributed by atoms with van der Waals surface area (Å²) in [6.07, 6.45) is 3.84. The molecule has 1 aromatic carbocycles. The molecular weight excluding hydrogens is 180 g/mol. The Morgan fingerprint density at radius 1 is 1.07 bits per heavy atom. The van der Waals surface area contributed by atoms with Crippen molar-refractivity contribution < 1.29 is 0 Å². The van der Waals surface area contributed by atoms with E-state index in [1.807, 2.05) is 0 Å². The second kappa shape index (κ2) is 5.95. The Labute approximate surface area is 94.7 Å². The summed E-state index contributed by atoms with van der Waals surface area (Å²) in [5.41, 5.74) is 2.98. The number of benzene rings is 1. The Bertz CT molecular complexity index is 288. The van der Waals surface area contributed by atoms with Crippen molar-refractivity contribution in [2.45, 2.75) is 47.0 Å². The van der Waals surface area contributed by atoms with Crippen LogP contribution in [0.3, 0.4) is 0 Å². The van der Waals surface area contributed by atoms with Gasteiger partial charge < -0.3 is 0 Å². The highest BCUT2D eigenvalue weighted by molar-refractivity contribution is 5.25. The summed E-state index contributed by atoms with van der Waals surface area (Å²) < 4.78 is 0. The summed E-state index contributed by atoms with van der Waals surface area (Å²) in [5, 5.41) is 0. The molecule has 0 aliphatic heterocycles. The van der Waals surface area contributed by atoms with Crippen LogP contribution < -0.4 is 0 Å². The molecule has 1 aromatic rings. The minimum absolute atomic E-state index is 0.842. The lowest BCUT2D eigenvalue weighted by atomic mass is 9.83. The van der Waals surface area contributed by atoms with E-state index in [-0.39, 0.29) is 0 Å². The van der Waals surface area contributed by atoms with Crippen molar-refractivity contribution in [1.82, 2.24) is 0 Å². The maximum atomic E-state index is 2.38. The second-order valence-electron chi connectivity index (χ2n) is 4.68. The van der Waals surface area contributed by atoms with Crippen LogP contribution in [-0.2, 0) is 6.42 Å². The van der Waals surface area contributed by atoms with Gasteiger partial charge in [-0.05, 0) is 36.3 Å². The molecule has 0 heterocycles. The van der Waals surface area contributed by atoms with Gasteiger partial charge in [0, 0.05) is 0 Å². The Hall–Kier alpha value is -0.780. The highest BCUT2D eigenvalue weighted by Crippen LogP contribution is 2.24. The lowest BCUT2D eigenvalue weighted by Gasteiger charge is -2.22. The third kappa shape index (κ3) is 3.37. The van der Waals surface area contributed by atoms with Gasteiger partial charge in [-0.2, -0.15) is 0 Å². The molecule has 0 bridgehead atoms. The van der Waals surface area contributed by atoms with Gasteiger partial charge in [0.05, 0.1) is 0 Å². The van der Waals surface area contributed by atoms with Crippen molar-refractivity contribution in [2.24, 2.45) is 11.8 Å². The van der Waals surface area contributed by atoms with Crippen LogP contribution in [0.15, 0.2) is 24.3 Å². The molecular formula is C15H24.